The highest BCUT2D eigenvalue weighted by atomic mass is 16.5. The molecule has 2 heteroatoms. The standard InChI is InChI=1S/C18H33NO/c1-4-15(13-9-6-5-7-10-13)19-16-14-11-8-12-20-17(14)18(16,2)3/h13-17,19H,4-12H2,1-3H3. The van der Waals surface area contributed by atoms with Crippen molar-refractivity contribution in [3.8, 4) is 0 Å². The summed E-state index contributed by atoms with van der Waals surface area (Å²) in [4.78, 5) is 0. The van der Waals surface area contributed by atoms with E-state index in [1.807, 2.05) is 0 Å². The van der Waals surface area contributed by atoms with Crippen LogP contribution in [0, 0.1) is 17.3 Å². The van der Waals surface area contributed by atoms with Crippen LogP contribution < -0.4 is 5.32 Å². The van der Waals surface area contributed by atoms with Gasteiger partial charge in [0.2, 0.25) is 0 Å². The SMILES string of the molecule is CCC(NC1C2CCCOC2C1(C)C)C1CCCCC1. The smallest absolute Gasteiger partial charge is 0.0684 e. The molecule has 0 aromatic carbocycles. The number of nitrogens with one attached hydrogen (secondary N) is 1. The van der Waals surface area contributed by atoms with Crippen LogP contribution in [0.25, 0.3) is 0 Å². The molecule has 1 aliphatic heterocycles. The van der Waals surface area contributed by atoms with Crippen LogP contribution in [0.4, 0.5) is 0 Å². The molecule has 4 unspecified atom stereocenters. The van der Waals surface area contributed by atoms with Gasteiger partial charge in [0.25, 0.3) is 0 Å². The molecule has 0 amide bonds. The molecular formula is C18H33NO. The van der Waals surface area contributed by atoms with Crippen LogP contribution in [0.15, 0.2) is 0 Å². The zero-order valence-corrected chi connectivity index (χ0v) is 13.7. The zero-order chi connectivity index (χ0) is 14.2. The van der Waals surface area contributed by atoms with Gasteiger partial charge in [0, 0.05) is 30.0 Å². The number of fused-ring (bicyclic) bond motifs is 1. The first kappa shape index (κ1) is 14.8. The summed E-state index contributed by atoms with van der Waals surface area (Å²) in [7, 11) is 0. The van der Waals surface area contributed by atoms with Crippen molar-refractivity contribution in [1.82, 2.24) is 5.32 Å². The van der Waals surface area contributed by atoms with E-state index in [-0.39, 0.29) is 0 Å². The maximum absolute atomic E-state index is 6.04. The van der Waals surface area contributed by atoms with Gasteiger partial charge in [-0.1, -0.05) is 40.0 Å². The Morgan fingerprint density at radius 3 is 2.55 bits per heavy atom. The van der Waals surface area contributed by atoms with Gasteiger partial charge in [-0.15, -0.1) is 0 Å². The van der Waals surface area contributed by atoms with Gasteiger partial charge in [-0.25, -0.2) is 0 Å². The second-order valence-electron chi connectivity index (χ2n) is 7.98. The molecule has 0 bridgehead atoms. The lowest BCUT2D eigenvalue weighted by atomic mass is 9.55. The Morgan fingerprint density at radius 1 is 1.10 bits per heavy atom. The van der Waals surface area contributed by atoms with Crippen molar-refractivity contribution in [3.05, 3.63) is 0 Å². The van der Waals surface area contributed by atoms with Gasteiger partial charge in [0.05, 0.1) is 6.10 Å². The Balaban J connectivity index is 1.63. The summed E-state index contributed by atoms with van der Waals surface area (Å²) in [5.74, 6) is 1.70. The van der Waals surface area contributed by atoms with E-state index >= 15 is 0 Å². The van der Waals surface area contributed by atoms with Gasteiger partial charge in [-0.3, -0.25) is 0 Å². The number of ether oxygens (including phenoxy) is 1. The van der Waals surface area contributed by atoms with Crippen molar-refractivity contribution in [2.75, 3.05) is 6.61 Å². The zero-order valence-electron chi connectivity index (χ0n) is 13.7. The third-order valence-corrected chi connectivity index (χ3v) is 6.38. The molecule has 1 N–H and O–H groups in total. The van der Waals surface area contributed by atoms with E-state index in [0.717, 1.165) is 24.5 Å². The molecule has 0 aromatic heterocycles. The first-order valence-electron chi connectivity index (χ1n) is 9.02. The molecule has 20 heavy (non-hydrogen) atoms. The Hall–Kier alpha value is -0.0800. The molecule has 2 nitrogen and oxygen atoms in total. The van der Waals surface area contributed by atoms with Crippen molar-refractivity contribution in [1.29, 1.82) is 0 Å². The lowest BCUT2D eigenvalue weighted by Crippen LogP contribution is -2.71. The highest BCUT2D eigenvalue weighted by Gasteiger charge is 2.58. The van der Waals surface area contributed by atoms with Crippen molar-refractivity contribution in [3.63, 3.8) is 0 Å². The lowest BCUT2D eigenvalue weighted by molar-refractivity contribution is -0.195. The quantitative estimate of drug-likeness (QED) is 0.835. The van der Waals surface area contributed by atoms with Crippen LogP contribution in [0.1, 0.15) is 72.1 Å². The molecule has 1 heterocycles. The number of hydrogen-bond acceptors (Lipinski definition) is 2. The summed E-state index contributed by atoms with van der Waals surface area (Å²) in [5.41, 5.74) is 0.327. The highest BCUT2D eigenvalue weighted by molar-refractivity contribution is 5.11. The lowest BCUT2D eigenvalue weighted by Gasteiger charge is -2.61. The van der Waals surface area contributed by atoms with Crippen LogP contribution in [-0.4, -0.2) is 24.8 Å². The van der Waals surface area contributed by atoms with Gasteiger partial charge in [-0.05, 0) is 38.0 Å². The van der Waals surface area contributed by atoms with E-state index in [9.17, 15) is 0 Å². The summed E-state index contributed by atoms with van der Waals surface area (Å²) in [6, 6.07) is 1.42. The third-order valence-electron chi connectivity index (χ3n) is 6.38. The average molecular weight is 279 g/mol. The fourth-order valence-corrected chi connectivity index (χ4v) is 5.22. The summed E-state index contributed by atoms with van der Waals surface area (Å²) in [6.07, 6.45) is 11.7. The maximum Gasteiger partial charge on any atom is 0.0684 e. The molecule has 3 rings (SSSR count). The molecule has 0 aromatic rings. The first-order valence-corrected chi connectivity index (χ1v) is 9.02. The van der Waals surface area contributed by atoms with Crippen molar-refractivity contribution < 1.29 is 4.74 Å². The predicted octanol–water partition coefficient (Wildman–Crippen LogP) is 4.14. The Kier molecular flexibility index (Phi) is 4.42. The minimum atomic E-state index is 0.327. The molecule has 4 atom stereocenters. The minimum absolute atomic E-state index is 0.327. The van der Waals surface area contributed by atoms with E-state index in [2.05, 4.69) is 26.1 Å². The van der Waals surface area contributed by atoms with Crippen LogP contribution in [0.2, 0.25) is 0 Å². The van der Waals surface area contributed by atoms with Crippen molar-refractivity contribution in [2.45, 2.75) is 90.3 Å². The number of hydrogen-bond donors (Lipinski definition) is 1. The largest absolute Gasteiger partial charge is 0.377 e. The highest BCUT2D eigenvalue weighted by Crippen LogP contribution is 2.51. The van der Waals surface area contributed by atoms with Crippen molar-refractivity contribution in [2.24, 2.45) is 17.3 Å². The first-order chi connectivity index (χ1) is 9.64. The normalized spacial score (nSPS) is 38.9. The molecule has 3 fully saturated rings. The average Bonchev–Trinajstić information content (AvgIpc) is 2.49. The summed E-state index contributed by atoms with van der Waals surface area (Å²) in [5, 5.41) is 4.08. The molecule has 3 aliphatic rings. The topological polar surface area (TPSA) is 21.3 Å². The van der Waals surface area contributed by atoms with Gasteiger partial charge < -0.3 is 10.1 Å². The fraction of sp³-hybridized carbons (Fsp3) is 1.00. The maximum atomic E-state index is 6.04. The molecule has 0 spiro atoms. The Labute approximate surface area is 125 Å². The Morgan fingerprint density at radius 2 is 1.85 bits per heavy atom. The van der Waals surface area contributed by atoms with E-state index < -0.39 is 0 Å². The van der Waals surface area contributed by atoms with Crippen LogP contribution >= 0.6 is 0 Å². The van der Waals surface area contributed by atoms with Gasteiger partial charge in [0.15, 0.2) is 0 Å². The van der Waals surface area contributed by atoms with Crippen LogP contribution in [0.5, 0.6) is 0 Å². The number of rotatable bonds is 4. The molecule has 2 aliphatic carbocycles. The van der Waals surface area contributed by atoms with Crippen LogP contribution in [0.3, 0.4) is 0 Å². The summed E-state index contributed by atoms with van der Waals surface area (Å²) < 4.78 is 6.04. The van der Waals surface area contributed by atoms with Gasteiger partial charge in [0.1, 0.15) is 0 Å². The monoisotopic (exact) mass is 279 g/mol. The van der Waals surface area contributed by atoms with Gasteiger partial charge >= 0.3 is 0 Å². The van der Waals surface area contributed by atoms with Crippen LogP contribution in [-0.2, 0) is 4.74 Å². The summed E-state index contributed by atoms with van der Waals surface area (Å²) >= 11 is 0. The van der Waals surface area contributed by atoms with E-state index in [0.29, 0.717) is 17.6 Å². The second kappa shape index (κ2) is 5.96. The van der Waals surface area contributed by atoms with E-state index in [1.165, 1.54) is 51.4 Å². The van der Waals surface area contributed by atoms with Gasteiger partial charge in [-0.2, -0.15) is 0 Å². The molecule has 116 valence electrons. The Bertz CT molecular complexity index is 321. The van der Waals surface area contributed by atoms with Crippen molar-refractivity contribution >= 4 is 0 Å². The molecule has 2 saturated carbocycles. The third kappa shape index (κ3) is 2.54. The van der Waals surface area contributed by atoms with E-state index in [4.69, 9.17) is 4.74 Å². The molecular weight excluding hydrogens is 246 g/mol. The predicted molar refractivity (Wildman–Crippen MR) is 83.8 cm³/mol. The second-order valence-corrected chi connectivity index (χ2v) is 7.98. The molecule has 0 radical (unpaired) electrons. The molecule has 1 saturated heterocycles. The fourth-order valence-electron chi connectivity index (χ4n) is 5.22. The summed E-state index contributed by atoms with van der Waals surface area (Å²) in [6.45, 7) is 8.17. The minimum Gasteiger partial charge on any atom is -0.377 e. The van der Waals surface area contributed by atoms with E-state index in [1.54, 1.807) is 0 Å².